The average molecular weight is 415 g/mol. The number of nitrogens with zero attached hydrogens (tertiary/aromatic N) is 3. The fraction of sp³-hybridized carbons (Fsp3) is 0.280. The molecule has 3 aromatic rings. The predicted molar refractivity (Wildman–Crippen MR) is 120 cm³/mol. The molecule has 2 amide bonds. The van der Waals surface area contributed by atoms with Crippen LogP contribution in [-0.2, 0) is 0 Å². The van der Waals surface area contributed by atoms with Gasteiger partial charge in [0, 0.05) is 54.8 Å². The molecule has 1 aliphatic rings. The molecule has 1 fully saturated rings. The van der Waals surface area contributed by atoms with Crippen LogP contribution < -0.4 is 5.32 Å². The number of amides is 2. The molecule has 4 rings (SSSR count). The highest BCUT2D eigenvalue weighted by Crippen LogP contribution is 2.30. The summed E-state index contributed by atoms with van der Waals surface area (Å²) in [5.41, 5.74) is 4.99. The van der Waals surface area contributed by atoms with E-state index in [1.54, 1.807) is 19.3 Å². The number of carbonyl (C=O) groups is 2. The van der Waals surface area contributed by atoms with Gasteiger partial charge in [0.25, 0.3) is 11.8 Å². The molecule has 0 saturated carbocycles. The predicted octanol–water partition coefficient (Wildman–Crippen LogP) is 3.83. The van der Waals surface area contributed by atoms with E-state index in [-0.39, 0.29) is 17.7 Å². The van der Waals surface area contributed by atoms with Crippen LogP contribution in [0, 0.1) is 6.92 Å². The molecule has 6 heteroatoms. The summed E-state index contributed by atoms with van der Waals surface area (Å²) in [7, 11) is 1.59. The highest BCUT2D eigenvalue weighted by molar-refractivity contribution is 5.94. The van der Waals surface area contributed by atoms with Gasteiger partial charge in [-0.15, -0.1) is 0 Å². The number of hydrogen-bond acceptors (Lipinski definition) is 4. The Hall–Kier alpha value is -3.54. The van der Waals surface area contributed by atoms with Crippen LogP contribution in [0.2, 0.25) is 0 Å². The highest BCUT2D eigenvalue weighted by Gasteiger charge is 2.26. The molecule has 0 aliphatic carbocycles. The second-order valence-electron chi connectivity index (χ2n) is 7.89. The van der Waals surface area contributed by atoms with Crippen molar-refractivity contribution in [3.8, 4) is 11.1 Å². The standard InChI is InChI=1S/C25H26N4O2/c1-17-13-21(19-10-11-22(27-15-19)24(30)26-2)14-23(28-17)20-9-6-12-29(16-20)25(31)18-7-4-3-5-8-18/h3-5,7-8,10-11,13-15,20H,6,9,12,16H2,1-2H3,(H,26,30). The van der Waals surface area contributed by atoms with E-state index in [0.717, 1.165) is 47.5 Å². The Kier molecular flexibility index (Phi) is 6.07. The van der Waals surface area contributed by atoms with Crippen LogP contribution in [-0.4, -0.2) is 46.8 Å². The van der Waals surface area contributed by atoms with E-state index < -0.39 is 0 Å². The van der Waals surface area contributed by atoms with Crippen LogP contribution in [0.25, 0.3) is 11.1 Å². The number of nitrogens with one attached hydrogen (secondary N) is 1. The maximum Gasteiger partial charge on any atom is 0.269 e. The molecule has 1 saturated heterocycles. The summed E-state index contributed by atoms with van der Waals surface area (Å²) >= 11 is 0. The van der Waals surface area contributed by atoms with Crippen LogP contribution in [0.4, 0.5) is 0 Å². The molecule has 0 bridgehead atoms. The molecule has 1 atom stereocenters. The van der Waals surface area contributed by atoms with Gasteiger partial charge >= 0.3 is 0 Å². The molecule has 1 aromatic carbocycles. The molecule has 1 unspecified atom stereocenters. The van der Waals surface area contributed by atoms with Crippen molar-refractivity contribution in [1.82, 2.24) is 20.2 Å². The summed E-state index contributed by atoms with van der Waals surface area (Å²) in [6.45, 7) is 3.42. The van der Waals surface area contributed by atoms with E-state index in [4.69, 9.17) is 4.98 Å². The van der Waals surface area contributed by atoms with Crippen molar-refractivity contribution in [3.63, 3.8) is 0 Å². The smallest absolute Gasteiger partial charge is 0.269 e. The Bertz CT molecular complexity index is 1080. The van der Waals surface area contributed by atoms with Crippen molar-refractivity contribution in [2.45, 2.75) is 25.7 Å². The normalized spacial score (nSPS) is 16.1. The lowest BCUT2D eigenvalue weighted by Crippen LogP contribution is -2.39. The van der Waals surface area contributed by atoms with Crippen molar-refractivity contribution in [2.75, 3.05) is 20.1 Å². The van der Waals surface area contributed by atoms with E-state index in [1.165, 1.54) is 0 Å². The van der Waals surface area contributed by atoms with E-state index in [9.17, 15) is 9.59 Å². The SMILES string of the molecule is CNC(=O)c1ccc(-c2cc(C)nc(C3CCCN(C(=O)c4ccccc4)C3)c2)cn1. The van der Waals surface area contributed by atoms with Gasteiger partial charge in [-0.1, -0.05) is 24.3 Å². The zero-order valence-corrected chi connectivity index (χ0v) is 17.8. The lowest BCUT2D eigenvalue weighted by molar-refractivity contribution is 0.0705. The second kappa shape index (κ2) is 9.08. The van der Waals surface area contributed by atoms with Crippen LogP contribution in [0.3, 0.4) is 0 Å². The summed E-state index contributed by atoms with van der Waals surface area (Å²) in [6, 6.07) is 17.2. The Morgan fingerprint density at radius 3 is 2.58 bits per heavy atom. The molecular weight excluding hydrogens is 388 g/mol. The van der Waals surface area contributed by atoms with Gasteiger partial charge in [-0.3, -0.25) is 19.6 Å². The third-order valence-electron chi connectivity index (χ3n) is 5.68. The van der Waals surface area contributed by atoms with Crippen molar-refractivity contribution < 1.29 is 9.59 Å². The number of benzene rings is 1. The molecule has 0 spiro atoms. The number of piperidine rings is 1. The lowest BCUT2D eigenvalue weighted by atomic mass is 9.92. The number of pyridine rings is 2. The van der Waals surface area contributed by atoms with Gasteiger partial charge < -0.3 is 10.2 Å². The average Bonchev–Trinajstić information content (AvgIpc) is 2.83. The third-order valence-corrected chi connectivity index (χ3v) is 5.68. The van der Waals surface area contributed by atoms with E-state index in [0.29, 0.717) is 12.2 Å². The quantitative estimate of drug-likeness (QED) is 0.704. The number of rotatable bonds is 4. The van der Waals surface area contributed by atoms with E-state index >= 15 is 0 Å². The monoisotopic (exact) mass is 414 g/mol. The maximum absolute atomic E-state index is 12.9. The summed E-state index contributed by atoms with van der Waals surface area (Å²) < 4.78 is 0. The van der Waals surface area contributed by atoms with Crippen LogP contribution in [0.1, 0.15) is 51.0 Å². The third kappa shape index (κ3) is 4.63. The van der Waals surface area contributed by atoms with Crippen molar-refractivity contribution in [2.24, 2.45) is 0 Å². The molecular formula is C25H26N4O2. The minimum atomic E-state index is -0.205. The van der Waals surface area contributed by atoms with Gasteiger partial charge in [-0.05, 0) is 55.7 Å². The molecule has 1 aliphatic heterocycles. The number of hydrogen-bond donors (Lipinski definition) is 1. The largest absolute Gasteiger partial charge is 0.354 e. The topological polar surface area (TPSA) is 75.2 Å². The fourth-order valence-electron chi connectivity index (χ4n) is 4.06. The van der Waals surface area contributed by atoms with Crippen LogP contribution >= 0.6 is 0 Å². The lowest BCUT2D eigenvalue weighted by Gasteiger charge is -2.33. The number of aromatic nitrogens is 2. The summed E-state index contributed by atoms with van der Waals surface area (Å²) in [5.74, 6) is 0.0638. The second-order valence-corrected chi connectivity index (χ2v) is 7.89. The Balaban J connectivity index is 1.56. The molecule has 3 heterocycles. The Labute approximate surface area is 182 Å². The van der Waals surface area contributed by atoms with Gasteiger partial charge in [-0.2, -0.15) is 0 Å². The Morgan fingerprint density at radius 1 is 1.06 bits per heavy atom. The van der Waals surface area contributed by atoms with Gasteiger partial charge in [0.2, 0.25) is 0 Å². The van der Waals surface area contributed by atoms with Crippen molar-refractivity contribution in [3.05, 3.63) is 83.4 Å². The van der Waals surface area contributed by atoms with Gasteiger partial charge in [0.05, 0.1) is 0 Å². The van der Waals surface area contributed by atoms with Gasteiger partial charge in [-0.25, -0.2) is 0 Å². The summed E-state index contributed by atoms with van der Waals surface area (Å²) in [6.07, 6.45) is 3.67. The van der Waals surface area contributed by atoms with E-state index in [1.807, 2.05) is 54.3 Å². The van der Waals surface area contributed by atoms with Crippen molar-refractivity contribution in [1.29, 1.82) is 0 Å². The van der Waals surface area contributed by atoms with E-state index in [2.05, 4.69) is 16.4 Å². The number of likely N-dealkylation sites (tertiary alicyclic amines) is 1. The number of aryl methyl sites for hydroxylation is 1. The van der Waals surface area contributed by atoms with Gasteiger partial charge in [0.15, 0.2) is 0 Å². The molecule has 2 aromatic heterocycles. The zero-order chi connectivity index (χ0) is 21.8. The minimum absolute atomic E-state index is 0.0761. The maximum atomic E-state index is 12.9. The molecule has 1 N–H and O–H groups in total. The molecule has 6 nitrogen and oxygen atoms in total. The van der Waals surface area contributed by atoms with Crippen molar-refractivity contribution >= 4 is 11.8 Å². The Morgan fingerprint density at radius 2 is 1.87 bits per heavy atom. The van der Waals surface area contributed by atoms with Crippen LogP contribution in [0.15, 0.2) is 60.8 Å². The molecule has 0 radical (unpaired) electrons. The minimum Gasteiger partial charge on any atom is -0.354 e. The molecule has 31 heavy (non-hydrogen) atoms. The summed E-state index contributed by atoms with van der Waals surface area (Å²) in [5, 5.41) is 2.58. The number of carbonyl (C=O) groups excluding carboxylic acids is 2. The van der Waals surface area contributed by atoms with Crippen LogP contribution in [0.5, 0.6) is 0 Å². The summed E-state index contributed by atoms with van der Waals surface area (Å²) in [4.78, 5) is 35.7. The molecule has 158 valence electrons. The fourth-order valence-corrected chi connectivity index (χ4v) is 4.06. The van der Waals surface area contributed by atoms with Gasteiger partial charge in [0.1, 0.15) is 5.69 Å². The first-order chi connectivity index (χ1) is 15.0. The highest BCUT2D eigenvalue weighted by atomic mass is 16.2. The zero-order valence-electron chi connectivity index (χ0n) is 17.8. The first-order valence-corrected chi connectivity index (χ1v) is 10.6. The first-order valence-electron chi connectivity index (χ1n) is 10.6. The first kappa shape index (κ1) is 20.7.